The number of amides is 1. The number of guanidine groups is 1. The Bertz CT molecular complexity index is 1250. The largest absolute Gasteiger partial charge is 0.417 e. The van der Waals surface area contributed by atoms with E-state index < -0.39 is 33.7 Å². The Morgan fingerprint density at radius 3 is 2.47 bits per heavy atom. The molecule has 3 N–H and O–H groups in total. The molecule has 1 aromatic heterocycles. The minimum absolute atomic E-state index is 0.0152. The second-order valence-corrected chi connectivity index (χ2v) is 8.72. The zero-order chi connectivity index (χ0) is 22.1. The van der Waals surface area contributed by atoms with Crippen LogP contribution in [0.2, 0.25) is 0 Å². The maximum atomic E-state index is 13.4. The van der Waals surface area contributed by atoms with E-state index in [1.165, 1.54) is 30.3 Å². The van der Waals surface area contributed by atoms with Crippen LogP contribution in [0, 0.1) is 0 Å². The monoisotopic (exact) mass is 457 g/mol. The summed E-state index contributed by atoms with van der Waals surface area (Å²) in [6.45, 7) is 0. The topological polar surface area (TPSA) is 111 Å². The van der Waals surface area contributed by atoms with Crippen molar-refractivity contribution in [2.24, 2.45) is 10.7 Å². The summed E-state index contributed by atoms with van der Waals surface area (Å²) in [7, 11) is -3.87. The fourth-order valence-corrected chi connectivity index (χ4v) is 3.88. The second kappa shape index (κ2) is 8.05. The number of nitrogens with zero attached hydrogens (tertiary/aromatic N) is 1. The minimum atomic E-state index is -4.54. The predicted molar refractivity (Wildman–Crippen MR) is 107 cm³/mol. The number of fused-ring (bicyclic) bond motifs is 1. The van der Waals surface area contributed by atoms with Crippen molar-refractivity contribution in [3.63, 3.8) is 0 Å². The summed E-state index contributed by atoms with van der Waals surface area (Å²) in [6, 6.07) is 11.4. The van der Waals surface area contributed by atoms with E-state index in [2.05, 4.69) is 9.28 Å². The van der Waals surface area contributed by atoms with Crippen LogP contribution in [0.5, 0.6) is 0 Å². The number of thiophene rings is 1. The number of halogens is 3. The van der Waals surface area contributed by atoms with Crippen LogP contribution >= 0.6 is 11.3 Å². The van der Waals surface area contributed by atoms with Gasteiger partial charge in [0.05, 0.1) is 16.7 Å². The summed E-state index contributed by atoms with van der Waals surface area (Å²) in [5.74, 6) is -1.40. The molecule has 1 amide bonds. The standard InChI is InChI=1S/C18H14F3N3O4S2/c1-30(26,27)28-24-17(22)23-16(25)15-9-12-10(6-4-8-14(12)29-15)11-5-2-3-7-13(11)18(19,20)21/h2-9H,1H3,(H3,22,23,24,25). The number of carbonyl (C=O) groups excluding carboxylic acids is 1. The summed E-state index contributed by atoms with van der Waals surface area (Å²) in [5, 5.41) is 0.441. The normalized spacial score (nSPS) is 12.9. The number of benzene rings is 2. The summed E-state index contributed by atoms with van der Waals surface area (Å²) in [4.78, 5) is 15.9. The van der Waals surface area contributed by atoms with Crippen molar-refractivity contribution >= 4 is 43.4 Å². The molecule has 12 heteroatoms. The molecule has 0 aliphatic heterocycles. The number of hydrogen-bond donors (Lipinski definition) is 2. The Hall–Kier alpha value is -2.96. The summed E-state index contributed by atoms with van der Waals surface area (Å²) in [6.07, 6.45) is -3.78. The number of alkyl halides is 3. The van der Waals surface area contributed by atoms with Gasteiger partial charge in [-0.25, -0.2) is 5.48 Å². The number of nitrogens with one attached hydrogen (secondary N) is 1. The van der Waals surface area contributed by atoms with E-state index in [1.54, 1.807) is 12.1 Å². The first-order chi connectivity index (χ1) is 14.0. The molecule has 3 rings (SSSR count). The third-order valence-electron chi connectivity index (χ3n) is 3.81. The predicted octanol–water partition coefficient (Wildman–Crippen LogP) is 3.52. The van der Waals surface area contributed by atoms with Crippen LogP contribution in [-0.2, 0) is 20.6 Å². The van der Waals surface area contributed by atoms with Crippen LogP contribution in [0.25, 0.3) is 21.2 Å². The van der Waals surface area contributed by atoms with E-state index in [9.17, 15) is 26.4 Å². The van der Waals surface area contributed by atoms with Gasteiger partial charge in [0.2, 0.25) is 5.96 Å². The van der Waals surface area contributed by atoms with Crippen molar-refractivity contribution in [3.05, 3.63) is 59.0 Å². The van der Waals surface area contributed by atoms with Gasteiger partial charge in [0.25, 0.3) is 16.0 Å². The van der Waals surface area contributed by atoms with E-state index in [0.717, 1.165) is 23.7 Å². The molecule has 0 unspecified atom stereocenters. The fraction of sp³-hybridized carbons (Fsp3) is 0.111. The van der Waals surface area contributed by atoms with Crippen LogP contribution in [0.1, 0.15) is 15.2 Å². The van der Waals surface area contributed by atoms with Gasteiger partial charge < -0.3 is 5.73 Å². The number of nitrogens with two attached hydrogens (primary N) is 1. The molecule has 0 bridgehead atoms. The quantitative estimate of drug-likeness (QED) is 0.352. The lowest BCUT2D eigenvalue weighted by atomic mass is 9.96. The number of rotatable bonds is 4. The number of aliphatic imine (C=N–C) groups is 1. The van der Waals surface area contributed by atoms with E-state index in [-0.39, 0.29) is 10.4 Å². The Kier molecular flexibility index (Phi) is 5.83. The molecule has 0 saturated heterocycles. The average Bonchev–Trinajstić information content (AvgIpc) is 3.09. The van der Waals surface area contributed by atoms with Crippen molar-refractivity contribution in [1.82, 2.24) is 5.48 Å². The second-order valence-electron chi connectivity index (χ2n) is 6.06. The zero-order valence-electron chi connectivity index (χ0n) is 15.2. The van der Waals surface area contributed by atoms with Gasteiger partial charge in [0, 0.05) is 10.1 Å². The van der Waals surface area contributed by atoms with Gasteiger partial charge in [-0.2, -0.15) is 26.6 Å². The van der Waals surface area contributed by atoms with Gasteiger partial charge in [-0.15, -0.1) is 15.6 Å². The van der Waals surface area contributed by atoms with Gasteiger partial charge in [0.1, 0.15) is 0 Å². The minimum Gasteiger partial charge on any atom is -0.368 e. The molecule has 0 aliphatic carbocycles. The van der Waals surface area contributed by atoms with Gasteiger partial charge in [-0.1, -0.05) is 30.3 Å². The maximum Gasteiger partial charge on any atom is 0.417 e. The molecule has 0 aliphatic rings. The summed E-state index contributed by atoms with van der Waals surface area (Å²) < 4.78 is 66.9. The van der Waals surface area contributed by atoms with Gasteiger partial charge >= 0.3 is 6.18 Å². The third kappa shape index (κ3) is 4.96. The van der Waals surface area contributed by atoms with Crippen LogP contribution in [0.15, 0.2) is 53.5 Å². The Morgan fingerprint density at radius 1 is 1.13 bits per heavy atom. The highest BCUT2D eigenvalue weighted by atomic mass is 32.2. The molecule has 0 atom stereocenters. The van der Waals surface area contributed by atoms with E-state index in [0.29, 0.717) is 15.6 Å². The Labute approximate surface area is 173 Å². The maximum absolute atomic E-state index is 13.4. The molecule has 1 heterocycles. The number of hydrogen-bond acceptors (Lipinski definition) is 5. The first-order valence-electron chi connectivity index (χ1n) is 8.18. The van der Waals surface area contributed by atoms with Gasteiger partial charge in [0.15, 0.2) is 0 Å². The van der Waals surface area contributed by atoms with E-state index >= 15 is 0 Å². The Balaban J connectivity index is 2.01. The lowest BCUT2D eigenvalue weighted by Crippen LogP contribution is -2.34. The molecule has 0 saturated carbocycles. The molecule has 158 valence electrons. The van der Waals surface area contributed by atoms with Crippen LogP contribution in [-0.4, -0.2) is 26.5 Å². The number of hydroxylamine groups is 1. The molecule has 2 aromatic carbocycles. The van der Waals surface area contributed by atoms with Crippen LogP contribution in [0.3, 0.4) is 0 Å². The van der Waals surface area contributed by atoms with E-state index in [1.807, 2.05) is 5.48 Å². The Morgan fingerprint density at radius 2 is 1.80 bits per heavy atom. The van der Waals surface area contributed by atoms with Crippen molar-refractivity contribution in [2.75, 3.05) is 6.26 Å². The van der Waals surface area contributed by atoms with E-state index in [4.69, 9.17) is 5.73 Å². The van der Waals surface area contributed by atoms with Crippen molar-refractivity contribution in [3.8, 4) is 11.1 Å². The molecule has 3 aromatic rings. The molecule has 0 spiro atoms. The summed E-state index contributed by atoms with van der Waals surface area (Å²) >= 11 is 1.01. The fourth-order valence-electron chi connectivity index (χ4n) is 2.67. The first-order valence-corrected chi connectivity index (χ1v) is 10.8. The highest BCUT2D eigenvalue weighted by Crippen LogP contribution is 2.41. The van der Waals surface area contributed by atoms with Crippen LogP contribution in [0.4, 0.5) is 13.2 Å². The van der Waals surface area contributed by atoms with Crippen LogP contribution < -0.4 is 11.2 Å². The molecule has 0 radical (unpaired) electrons. The molecular formula is C18H14F3N3O4S2. The SMILES string of the molecule is CS(=O)(=O)ONC(N)=NC(=O)c1cc2c(-c3ccccc3C(F)(F)F)cccc2s1. The first kappa shape index (κ1) is 21.7. The lowest BCUT2D eigenvalue weighted by Gasteiger charge is -2.13. The third-order valence-corrected chi connectivity index (χ3v) is 5.29. The molecule has 7 nitrogen and oxygen atoms in total. The van der Waals surface area contributed by atoms with Crippen molar-refractivity contribution < 1.29 is 30.7 Å². The highest BCUT2D eigenvalue weighted by molar-refractivity contribution is 7.85. The highest BCUT2D eigenvalue weighted by Gasteiger charge is 2.33. The van der Waals surface area contributed by atoms with Gasteiger partial charge in [-0.3, -0.25) is 4.79 Å². The zero-order valence-corrected chi connectivity index (χ0v) is 16.9. The van der Waals surface area contributed by atoms with Crippen molar-refractivity contribution in [2.45, 2.75) is 6.18 Å². The van der Waals surface area contributed by atoms with Crippen molar-refractivity contribution in [1.29, 1.82) is 0 Å². The van der Waals surface area contributed by atoms with Gasteiger partial charge in [-0.05, 0) is 29.3 Å². The lowest BCUT2D eigenvalue weighted by molar-refractivity contribution is -0.137. The molecular weight excluding hydrogens is 443 g/mol. The molecule has 0 fully saturated rings. The smallest absolute Gasteiger partial charge is 0.368 e. The molecule has 30 heavy (non-hydrogen) atoms. The summed E-state index contributed by atoms with van der Waals surface area (Å²) in [5.41, 5.74) is 6.73. The number of carbonyl (C=O) groups is 1. The average molecular weight is 457 g/mol.